The van der Waals surface area contributed by atoms with Crippen molar-refractivity contribution in [3.8, 4) is 0 Å². The number of nitrogens with one attached hydrogen (secondary N) is 1. The first-order valence-electron chi connectivity index (χ1n) is 5.77. The van der Waals surface area contributed by atoms with Gasteiger partial charge in [-0.25, -0.2) is 0 Å². The fourth-order valence-corrected chi connectivity index (χ4v) is 2.63. The van der Waals surface area contributed by atoms with E-state index in [4.69, 9.17) is 16.0 Å². The van der Waals surface area contributed by atoms with Crippen LogP contribution in [0.5, 0.6) is 0 Å². The third kappa shape index (κ3) is 2.76. The van der Waals surface area contributed by atoms with Gasteiger partial charge in [-0.05, 0) is 42.5 Å². The van der Waals surface area contributed by atoms with Crippen molar-refractivity contribution >= 4 is 11.6 Å². The molecule has 15 heavy (non-hydrogen) atoms. The molecule has 2 nitrogen and oxygen atoms in total. The van der Waals surface area contributed by atoms with Gasteiger partial charge in [0.1, 0.15) is 5.76 Å². The summed E-state index contributed by atoms with van der Waals surface area (Å²) in [5.74, 6) is 1.78. The van der Waals surface area contributed by atoms with E-state index in [9.17, 15) is 0 Å². The summed E-state index contributed by atoms with van der Waals surface area (Å²) >= 11 is 5.72. The molecule has 1 saturated carbocycles. The van der Waals surface area contributed by atoms with Gasteiger partial charge in [0.25, 0.3) is 0 Å². The Bertz CT molecular complexity index is 310. The summed E-state index contributed by atoms with van der Waals surface area (Å²) in [5, 5.41) is 4.04. The summed E-state index contributed by atoms with van der Waals surface area (Å²) in [5.41, 5.74) is 0. The van der Waals surface area contributed by atoms with E-state index < -0.39 is 0 Å². The van der Waals surface area contributed by atoms with Gasteiger partial charge in [0.2, 0.25) is 0 Å². The minimum absolute atomic E-state index is 0.477. The Morgan fingerprint density at radius 2 is 2.33 bits per heavy atom. The van der Waals surface area contributed by atoms with Gasteiger partial charge in [0.05, 0.1) is 6.54 Å². The van der Waals surface area contributed by atoms with Crippen LogP contribution in [0, 0.1) is 5.92 Å². The van der Waals surface area contributed by atoms with Crippen LogP contribution in [0.3, 0.4) is 0 Å². The van der Waals surface area contributed by atoms with Crippen LogP contribution < -0.4 is 5.32 Å². The summed E-state index contributed by atoms with van der Waals surface area (Å²) in [6.45, 7) is 3.07. The van der Waals surface area contributed by atoms with Crippen molar-refractivity contribution < 1.29 is 4.42 Å². The summed E-state index contributed by atoms with van der Waals surface area (Å²) in [6.07, 6.45) is 5.30. The zero-order valence-corrected chi connectivity index (χ0v) is 9.89. The maximum atomic E-state index is 5.72. The van der Waals surface area contributed by atoms with E-state index in [0.717, 1.165) is 18.2 Å². The van der Waals surface area contributed by atoms with E-state index in [1.165, 1.54) is 25.7 Å². The molecule has 2 unspecified atom stereocenters. The number of rotatable bonds is 4. The zero-order chi connectivity index (χ0) is 10.7. The molecule has 1 fully saturated rings. The van der Waals surface area contributed by atoms with E-state index in [0.29, 0.717) is 11.3 Å². The molecule has 1 heterocycles. The lowest BCUT2D eigenvalue weighted by Crippen LogP contribution is -2.31. The Morgan fingerprint density at radius 1 is 1.47 bits per heavy atom. The lowest BCUT2D eigenvalue weighted by Gasteiger charge is -2.18. The number of halogens is 1. The van der Waals surface area contributed by atoms with Crippen LogP contribution in [0.1, 0.15) is 38.4 Å². The van der Waals surface area contributed by atoms with Gasteiger partial charge >= 0.3 is 0 Å². The monoisotopic (exact) mass is 227 g/mol. The topological polar surface area (TPSA) is 25.2 Å². The molecule has 3 heteroatoms. The molecule has 0 spiro atoms. The van der Waals surface area contributed by atoms with Crippen molar-refractivity contribution in [1.29, 1.82) is 0 Å². The number of furan rings is 1. The van der Waals surface area contributed by atoms with Gasteiger partial charge in [-0.3, -0.25) is 0 Å². The maximum absolute atomic E-state index is 5.72. The smallest absolute Gasteiger partial charge is 0.193 e. The Hall–Kier alpha value is -0.470. The third-order valence-electron chi connectivity index (χ3n) is 3.35. The molecule has 1 aromatic rings. The van der Waals surface area contributed by atoms with Gasteiger partial charge in [0, 0.05) is 6.04 Å². The predicted octanol–water partition coefficient (Wildman–Crippen LogP) is 3.60. The Labute approximate surface area is 96.0 Å². The standard InChI is InChI=1S/C12H18ClNO/c1-2-9-4-3-5-11(9)14-8-10-6-7-12(13)15-10/h6-7,9,11,14H,2-5,8H2,1H3. The van der Waals surface area contributed by atoms with E-state index >= 15 is 0 Å². The first-order chi connectivity index (χ1) is 7.29. The average molecular weight is 228 g/mol. The van der Waals surface area contributed by atoms with Crippen LogP contribution in [0.25, 0.3) is 0 Å². The SMILES string of the molecule is CCC1CCCC1NCc1ccc(Cl)o1. The van der Waals surface area contributed by atoms with Gasteiger partial charge in [-0.2, -0.15) is 0 Å². The van der Waals surface area contributed by atoms with Crippen molar-refractivity contribution in [2.24, 2.45) is 5.92 Å². The van der Waals surface area contributed by atoms with Crippen LogP contribution in [0.15, 0.2) is 16.5 Å². The third-order valence-corrected chi connectivity index (χ3v) is 3.55. The predicted molar refractivity (Wildman–Crippen MR) is 62.0 cm³/mol. The minimum atomic E-state index is 0.477. The number of hydrogen-bond acceptors (Lipinski definition) is 2. The molecule has 1 aliphatic carbocycles. The van der Waals surface area contributed by atoms with Crippen molar-refractivity contribution in [2.45, 2.75) is 45.2 Å². The van der Waals surface area contributed by atoms with Gasteiger partial charge in [0.15, 0.2) is 5.22 Å². The Kier molecular flexibility index (Phi) is 3.71. The summed E-state index contributed by atoms with van der Waals surface area (Å²) in [6, 6.07) is 4.40. The normalized spacial score (nSPS) is 26.0. The van der Waals surface area contributed by atoms with Crippen LogP contribution in [-0.2, 0) is 6.54 Å². The van der Waals surface area contributed by atoms with E-state index in [1.807, 2.05) is 6.07 Å². The molecule has 2 rings (SSSR count). The van der Waals surface area contributed by atoms with Crippen molar-refractivity contribution in [2.75, 3.05) is 0 Å². The highest BCUT2D eigenvalue weighted by Crippen LogP contribution is 2.28. The molecule has 84 valence electrons. The minimum Gasteiger partial charge on any atom is -0.448 e. The van der Waals surface area contributed by atoms with Crippen LogP contribution >= 0.6 is 11.6 Å². The van der Waals surface area contributed by atoms with E-state index in [2.05, 4.69) is 12.2 Å². The highest BCUT2D eigenvalue weighted by atomic mass is 35.5. The van der Waals surface area contributed by atoms with Crippen LogP contribution in [0.4, 0.5) is 0 Å². The molecule has 1 aromatic heterocycles. The fourth-order valence-electron chi connectivity index (χ4n) is 2.47. The van der Waals surface area contributed by atoms with Gasteiger partial charge in [-0.1, -0.05) is 19.8 Å². The molecular formula is C12H18ClNO. The molecule has 0 bridgehead atoms. The maximum Gasteiger partial charge on any atom is 0.193 e. The quantitative estimate of drug-likeness (QED) is 0.850. The highest BCUT2D eigenvalue weighted by molar-refractivity contribution is 6.28. The fraction of sp³-hybridized carbons (Fsp3) is 0.667. The molecule has 1 aliphatic rings. The number of hydrogen-bond donors (Lipinski definition) is 1. The molecule has 0 amide bonds. The molecule has 0 radical (unpaired) electrons. The van der Waals surface area contributed by atoms with Gasteiger partial charge in [-0.15, -0.1) is 0 Å². The second-order valence-electron chi connectivity index (χ2n) is 4.29. The highest BCUT2D eigenvalue weighted by Gasteiger charge is 2.25. The molecule has 1 N–H and O–H groups in total. The molecular weight excluding hydrogens is 210 g/mol. The zero-order valence-electron chi connectivity index (χ0n) is 9.13. The van der Waals surface area contributed by atoms with E-state index in [1.54, 1.807) is 6.07 Å². The molecule has 0 aromatic carbocycles. The molecule has 0 saturated heterocycles. The first kappa shape index (κ1) is 11.0. The summed E-state index contributed by atoms with van der Waals surface area (Å²) in [4.78, 5) is 0. The molecule has 2 atom stereocenters. The van der Waals surface area contributed by atoms with Crippen LogP contribution in [0.2, 0.25) is 5.22 Å². The van der Waals surface area contributed by atoms with Gasteiger partial charge < -0.3 is 9.73 Å². The van der Waals surface area contributed by atoms with Crippen molar-refractivity contribution in [3.05, 3.63) is 23.1 Å². The Morgan fingerprint density at radius 3 is 3.00 bits per heavy atom. The lowest BCUT2D eigenvalue weighted by atomic mass is 10.0. The molecule has 0 aliphatic heterocycles. The second-order valence-corrected chi connectivity index (χ2v) is 4.66. The lowest BCUT2D eigenvalue weighted by molar-refractivity contribution is 0.370. The Balaban J connectivity index is 1.82. The first-order valence-corrected chi connectivity index (χ1v) is 6.15. The van der Waals surface area contributed by atoms with Crippen molar-refractivity contribution in [3.63, 3.8) is 0 Å². The van der Waals surface area contributed by atoms with E-state index in [-0.39, 0.29) is 0 Å². The average Bonchev–Trinajstić information content (AvgIpc) is 2.83. The van der Waals surface area contributed by atoms with Crippen molar-refractivity contribution in [1.82, 2.24) is 5.32 Å². The summed E-state index contributed by atoms with van der Waals surface area (Å²) < 4.78 is 5.32. The largest absolute Gasteiger partial charge is 0.448 e. The van der Waals surface area contributed by atoms with Crippen LogP contribution in [-0.4, -0.2) is 6.04 Å². The second kappa shape index (κ2) is 5.04. The summed E-state index contributed by atoms with van der Waals surface area (Å²) in [7, 11) is 0.